The van der Waals surface area contributed by atoms with Gasteiger partial charge in [-0.15, -0.1) is 9.35 Å². The van der Waals surface area contributed by atoms with E-state index < -0.39 is 45.2 Å². The van der Waals surface area contributed by atoms with Crippen molar-refractivity contribution in [1.29, 1.82) is 5.41 Å². The number of guanidine groups is 1. The molecule has 3 aliphatic heterocycles. The SMILES string of the molecule is N=C(N)N1CCC(O[N+]23C[C@@H](CC[C@H]2C(N)=O)N(OS(=O)(=O)O)C3=O)C1. The summed E-state index contributed by atoms with van der Waals surface area (Å²) in [5.74, 6) is -0.893. The summed E-state index contributed by atoms with van der Waals surface area (Å²) in [5.41, 5.74) is 10.9. The van der Waals surface area contributed by atoms with E-state index in [1.54, 1.807) is 4.90 Å². The number of carbonyl (C=O) groups is 2. The smallest absolute Gasteiger partial charge is 0.370 e. The zero-order valence-electron chi connectivity index (χ0n) is 13.8. The molecule has 14 heteroatoms. The summed E-state index contributed by atoms with van der Waals surface area (Å²) in [5, 5.41) is 8.00. The lowest BCUT2D eigenvalue weighted by Gasteiger charge is -2.36. The van der Waals surface area contributed by atoms with Crippen molar-refractivity contribution < 1.29 is 36.3 Å². The van der Waals surface area contributed by atoms with Gasteiger partial charge in [0, 0.05) is 13.0 Å². The van der Waals surface area contributed by atoms with Crippen LogP contribution >= 0.6 is 0 Å². The number of nitrogens with one attached hydrogen (secondary N) is 1. The summed E-state index contributed by atoms with van der Waals surface area (Å²) >= 11 is 0. The van der Waals surface area contributed by atoms with Crippen molar-refractivity contribution in [3.63, 3.8) is 0 Å². The van der Waals surface area contributed by atoms with E-state index in [1.807, 2.05) is 0 Å². The molecule has 4 atom stereocenters. The molecule has 26 heavy (non-hydrogen) atoms. The van der Waals surface area contributed by atoms with Gasteiger partial charge in [0.05, 0.1) is 6.54 Å². The highest BCUT2D eigenvalue weighted by Gasteiger charge is 2.66. The van der Waals surface area contributed by atoms with Crippen molar-refractivity contribution >= 4 is 28.3 Å². The van der Waals surface area contributed by atoms with Crippen molar-refractivity contribution in [3.05, 3.63) is 0 Å². The molecule has 2 bridgehead atoms. The molecule has 3 amide bonds. The van der Waals surface area contributed by atoms with Crippen molar-refractivity contribution in [2.45, 2.75) is 37.5 Å². The van der Waals surface area contributed by atoms with Gasteiger partial charge in [0.2, 0.25) is 6.04 Å². The van der Waals surface area contributed by atoms with E-state index in [4.69, 9.17) is 26.3 Å². The van der Waals surface area contributed by atoms with Gasteiger partial charge >= 0.3 is 16.4 Å². The Hall–Kier alpha value is -2.00. The second-order valence-corrected chi connectivity index (χ2v) is 7.59. The minimum absolute atomic E-state index is 0.0431. The van der Waals surface area contributed by atoms with Crippen LogP contribution < -0.4 is 11.5 Å². The quantitative estimate of drug-likeness (QED) is 0.175. The number of hydroxylamine groups is 5. The molecule has 0 aliphatic carbocycles. The van der Waals surface area contributed by atoms with Gasteiger partial charge in [-0.25, -0.2) is 4.79 Å². The zero-order valence-corrected chi connectivity index (χ0v) is 14.6. The first kappa shape index (κ1) is 18.8. The first-order valence-electron chi connectivity index (χ1n) is 7.98. The number of rotatable bonds is 5. The van der Waals surface area contributed by atoms with Crippen LogP contribution in [0.5, 0.6) is 0 Å². The van der Waals surface area contributed by atoms with Gasteiger partial charge in [-0.1, -0.05) is 4.65 Å². The average molecular weight is 393 g/mol. The number of piperidine rings is 1. The molecule has 146 valence electrons. The van der Waals surface area contributed by atoms with Gasteiger partial charge in [0.1, 0.15) is 18.7 Å². The first-order valence-corrected chi connectivity index (χ1v) is 9.35. The molecule has 3 aliphatic rings. The molecular formula is C12H21N6O7S+. The van der Waals surface area contributed by atoms with Crippen LogP contribution in [0.1, 0.15) is 19.3 Å². The minimum Gasteiger partial charge on any atom is -0.370 e. The van der Waals surface area contributed by atoms with E-state index in [2.05, 4.69) is 4.28 Å². The van der Waals surface area contributed by atoms with Crippen molar-refractivity contribution in [2.24, 2.45) is 11.5 Å². The Bertz CT molecular complexity index is 744. The lowest BCUT2D eigenvalue weighted by molar-refractivity contribution is -1.06. The van der Waals surface area contributed by atoms with E-state index in [9.17, 15) is 18.0 Å². The molecule has 0 aromatic heterocycles. The summed E-state index contributed by atoms with van der Waals surface area (Å²) in [6.45, 7) is 0.653. The number of nitrogens with two attached hydrogens (primary N) is 2. The molecular weight excluding hydrogens is 372 g/mol. The van der Waals surface area contributed by atoms with Crippen molar-refractivity contribution in [1.82, 2.24) is 9.96 Å². The van der Waals surface area contributed by atoms with Crippen molar-refractivity contribution in [3.8, 4) is 0 Å². The standard InChI is InChI=1S/C12H20N6O7S/c13-10(19)9-2-1-7-6-18(9,12(20)17(7)25-26(21,22)23)24-8-3-4-16(5-8)11(14)15/h7-9H,1-6H2,(H5-,13,14,15,19,21,22,23)/p+1/t7-,8?,9+,18?/m1/s1. The molecule has 3 fully saturated rings. The maximum absolute atomic E-state index is 12.9. The Kier molecular flexibility index (Phi) is 4.56. The summed E-state index contributed by atoms with van der Waals surface area (Å²) in [6, 6.07) is -2.62. The largest absolute Gasteiger partial charge is 0.477 e. The molecule has 3 heterocycles. The second kappa shape index (κ2) is 6.31. The Morgan fingerprint density at radius 3 is 2.54 bits per heavy atom. The highest BCUT2D eigenvalue weighted by molar-refractivity contribution is 7.80. The van der Waals surface area contributed by atoms with Crippen LogP contribution in [0, 0.1) is 5.41 Å². The van der Waals surface area contributed by atoms with Gasteiger partial charge in [-0.2, -0.15) is 13.3 Å². The third-order valence-electron chi connectivity index (χ3n) is 4.93. The van der Waals surface area contributed by atoms with Gasteiger partial charge in [0.25, 0.3) is 5.91 Å². The third kappa shape index (κ3) is 3.21. The Balaban J connectivity index is 1.88. The predicted molar refractivity (Wildman–Crippen MR) is 84.0 cm³/mol. The minimum atomic E-state index is -4.92. The fraction of sp³-hybridized carbons (Fsp3) is 0.750. The van der Waals surface area contributed by atoms with Crippen LogP contribution in [0.2, 0.25) is 0 Å². The van der Waals surface area contributed by atoms with Crippen LogP contribution in [-0.4, -0.2) is 83.3 Å². The number of nitrogens with zero attached hydrogens (tertiary/aromatic N) is 3. The summed E-state index contributed by atoms with van der Waals surface area (Å²) in [6.07, 6.45) is 0.402. The normalized spacial score (nSPS) is 34.3. The Morgan fingerprint density at radius 2 is 2.00 bits per heavy atom. The molecule has 3 saturated heterocycles. The van der Waals surface area contributed by atoms with Crippen LogP contribution in [-0.2, 0) is 24.3 Å². The molecule has 0 spiro atoms. The highest BCUT2D eigenvalue weighted by atomic mass is 32.3. The third-order valence-corrected chi connectivity index (χ3v) is 5.28. The average Bonchev–Trinajstić information content (AvgIpc) is 3.05. The Morgan fingerprint density at radius 1 is 1.31 bits per heavy atom. The molecule has 0 saturated carbocycles. The van der Waals surface area contributed by atoms with Crippen LogP contribution in [0.4, 0.5) is 4.79 Å². The number of likely N-dealkylation sites (tertiary alicyclic amines) is 1. The maximum atomic E-state index is 12.9. The lowest BCUT2D eigenvalue weighted by atomic mass is 10.00. The van der Waals surface area contributed by atoms with Crippen LogP contribution in [0.3, 0.4) is 0 Å². The number of hydrogen-bond donors (Lipinski definition) is 4. The van der Waals surface area contributed by atoms with E-state index in [0.29, 0.717) is 18.0 Å². The van der Waals surface area contributed by atoms with Gasteiger partial charge in [-0.05, 0) is 12.8 Å². The summed E-state index contributed by atoms with van der Waals surface area (Å²) < 4.78 is 34.6. The molecule has 0 radical (unpaired) electrons. The molecule has 0 aromatic rings. The molecule has 13 nitrogen and oxygen atoms in total. The van der Waals surface area contributed by atoms with E-state index in [-0.39, 0.29) is 31.9 Å². The zero-order chi connectivity index (χ0) is 19.3. The van der Waals surface area contributed by atoms with Gasteiger partial charge in [-0.3, -0.25) is 14.8 Å². The highest BCUT2D eigenvalue weighted by Crippen LogP contribution is 2.39. The number of primary amides is 1. The second-order valence-electron chi connectivity index (χ2n) is 6.59. The fourth-order valence-corrected chi connectivity index (χ4v) is 4.21. The molecule has 2 unspecified atom stereocenters. The van der Waals surface area contributed by atoms with Gasteiger partial charge < -0.3 is 16.4 Å². The van der Waals surface area contributed by atoms with E-state index in [1.165, 1.54) is 0 Å². The topological polar surface area (TPSA) is 189 Å². The summed E-state index contributed by atoms with van der Waals surface area (Å²) in [4.78, 5) is 32.3. The van der Waals surface area contributed by atoms with Crippen LogP contribution in [0.15, 0.2) is 0 Å². The molecule has 0 aromatic carbocycles. The fourth-order valence-electron chi connectivity index (χ4n) is 3.82. The number of hydrogen-bond acceptors (Lipinski definition) is 7. The number of urea groups is 1. The molecule has 6 N–H and O–H groups in total. The number of carbonyl (C=O) groups excluding carboxylic acids is 2. The molecule has 3 rings (SSSR count). The first-order chi connectivity index (χ1) is 12.0. The summed E-state index contributed by atoms with van der Waals surface area (Å²) in [7, 11) is -4.92. The monoisotopic (exact) mass is 393 g/mol. The number of fused-ring (bicyclic) bond motifs is 2. The van der Waals surface area contributed by atoms with Crippen LogP contribution in [0.25, 0.3) is 0 Å². The number of quaternary nitrogens is 1. The van der Waals surface area contributed by atoms with E-state index in [0.717, 1.165) is 0 Å². The maximum Gasteiger partial charge on any atom is 0.477 e. The lowest BCUT2D eigenvalue weighted by Crippen LogP contribution is -2.64. The number of amides is 3. The Labute approximate surface area is 149 Å². The van der Waals surface area contributed by atoms with Crippen molar-refractivity contribution in [2.75, 3.05) is 19.6 Å². The van der Waals surface area contributed by atoms with E-state index >= 15 is 0 Å². The van der Waals surface area contributed by atoms with Gasteiger partial charge in [0.15, 0.2) is 5.96 Å². The predicted octanol–water partition coefficient (Wildman–Crippen LogP) is -2.11.